The van der Waals surface area contributed by atoms with Crippen molar-refractivity contribution >= 4 is 15.9 Å². The zero-order valence-electron chi connectivity index (χ0n) is 10.4. The van der Waals surface area contributed by atoms with Crippen molar-refractivity contribution in [3.05, 3.63) is 59.7 Å². The molecule has 0 amide bonds. The van der Waals surface area contributed by atoms with Gasteiger partial charge in [-0.3, -0.25) is 0 Å². The molecular weight excluding hydrogens is 330 g/mol. The fourth-order valence-corrected chi connectivity index (χ4v) is 2.62. The Balaban J connectivity index is 1.82. The van der Waals surface area contributed by atoms with Gasteiger partial charge in [-0.05, 0) is 29.8 Å². The quantitative estimate of drug-likeness (QED) is 0.761. The monoisotopic (exact) mass is 340 g/mol. The summed E-state index contributed by atoms with van der Waals surface area (Å²) in [4.78, 5) is -0.286. The third-order valence-electron chi connectivity index (χ3n) is 3.12. The van der Waals surface area contributed by atoms with E-state index >= 15 is 0 Å². The first-order valence-electron chi connectivity index (χ1n) is 6.12. The van der Waals surface area contributed by atoms with Gasteiger partial charge >= 0.3 is 0 Å². The van der Waals surface area contributed by atoms with Crippen LogP contribution in [0.4, 0.5) is 8.78 Å². The van der Waals surface area contributed by atoms with Crippen LogP contribution in [-0.4, -0.2) is 12.7 Å². The van der Waals surface area contributed by atoms with Crippen LogP contribution >= 0.6 is 15.9 Å². The summed E-state index contributed by atoms with van der Waals surface area (Å²) in [7, 11) is 0. The van der Waals surface area contributed by atoms with Crippen molar-refractivity contribution in [3.8, 4) is 11.5 Å². The molecule has 2 nitrogen and oxygen atoms in total. The zero-order chi connectivity index (χ0) is 14.1. The van der Waals surface area contributed by atoms with Crippen molar-refractivity contribution in [1.82, 2.24) is 0 Å². The molecule has 0 saturated heterocycles. The van der Waals surface area contributed by atoms with Gasteiger partial charge in [0, 0.05) is 0 Å². The number of rotatable bonds is 2. The van der Waals surface area contributed by atoms with Gasteiger partial charge in [0.15, 0.2) is 23.1 Å². The molecule has 2 atom stereocenters. The third kappa shape index (κ3) is 2.50. The second kappa shape index (κ2) is 5.40. The average molecular weight is 341 g/mol. The third-order valence-corrected chi connectivity index (χ3v) is 4.24. The highest BCUT2D eigenvalue weighted by molar-refractivity contribution is 9.09. The fraction of sp³-hybridized carbons (Fsp3) is 0.200. The fourth-order valence-electron chi connectivity index (χ4n) is 2.08. The summed E-state index contributed by atoms with van der Waals surface area (Å²) in [5.41, 5.74) is 0.608. The van der Waals surface area contributed by atoms with Crippen molar-refractivity contribution in [2.45, 2.75) is 10.9 Å². The van der Waals surface area contributed by atoms with E-state index in [1.165, 1.54) is 12.1 Å². The lowest BCUT2D eigenvalue weighted by atomic mass is 10.1. The minimum absolute atomic E-state index is 0.286. The maximum absolute atomic E-state index is 13.3. The van der Waals surface area contributed by atoms with Gasteiger partial charge in [-0.25, -0.2) is 8.78 Å². The van der Waals surface area contributed by atoms with E-state index in [1.54, 1.807) is 0 Å². The van der Waals surface area contributed by atoms with E-state index in [4.69, 9.17) is 9.47 Å². The Hall–Kier alpha value is -1.62. The Morgan fingerprint density at radius 2 is 1.80 bits per heavy atom. The van der Waals surface area contributed by atoms with Crippen LogP contribution in [0.25, 0.3) is 0 Å². The van der Waals surface area contributed by atoms with Crippen molar-refractivity contribution in [2.75, 3.05) is 6.61 Å². The minimum Gasteiger partial charge on any atom is -0.486 e. The molecule has 3 rings (SSSR count). The normalized spacial score (nSPS) is 18.6. The smallest absolute Gasteiger partial charge is 0.161 e. The van der Waals surface area contributed by atoms with E-state index in [2.05, 4.69) is 15.9 Å². The maximum Gasteiger partial charge on any atom is 0.161 e. The summed E-state index contributed by atoms with van der Waals surface area (Å²) in [6, 6.07) is 11.2. The molecular formula is C15H11BrF2O2. The Kier molecular flexibility index (Phi) is 3.61. The van der Waals surface area contributed by atoms with E-state index in [-0.39, 0.29) is 10.9 Å². The zero-order valence-corrected chi connectivity index (χ0v) is 11.9. The Labute approximate surface area is 123 Å². The van der Waals surface area contributed by atoms with E-state index in [0.717, 1.165) is 6.07 Å². The summed E-state index contributed by atoms with van der Waals surface area (Å²) in [6.07, 6.45) is -0.310. The van der Waals surface area contributed by atoms with Crippen LogP contribution in [0.5, 0.6) is 11.5 Å². The highest BCUT2D eigenvalue weighted by atomic mass is 79.9. The molecule has 2 aromatic carbocycles. The summed E-state index contributed by atoms with van der Waals surface area (Å²) >= 11 is 3.46. The first-order chi connectivity index (χ1) is 9.65. The van der Waals surface area contributed by atoms with Crippen LogP contribution in [0.3, 0.4) is 0 Å². The standard InChI is InChI=1S/C15H11BrF2O2/c16-15(9-5-6-10(17)11(18)7-9)14-8-19-12-3-1-2-4-13(12)20-14/h1-7,14-15H,8H2. The van der Waals surface area contributed by atoms with Crippen LogP contribution < -0.4 is 9.47 Å². The Morgan fingerprint density at radius 1 is 1.05 bits per heavy atom. The van der Waals surface area contributed by atoms with Gasteiger partial charge in [0.25, 0.3) is 0 Å². The number of para-hydroxylation sites is 2. The van der Waals surface area contributed by atoms with Crippen LogP contribution in [0.15, 0.2) is 42.5 Å². The second-order valence-corrected chi connectivity index (χ2v) is 5.48. The molecule has 2 aromatic rings. The molecule has 1 aliphatic rings. The molecule has 0 aromatic heterocycles. The predicted molar refractivity (Wildman–Crippen MR) is 74.4 cm³/mol. The van der Waals surface area contributed by atoms with Gasteiger partial charge in [0.1, 0.15) is 12.7 Å². The molecule has 0 radical (unpaired) electrons. The van der Waals surface area contributed by atoms with Gasteiger partial charge in [0.2, 0.25) is 0 Å². The van der Waals surface area contributed by atoms with Gasteiger partial charge in [-0.1, -0.05) is 34.1 Å². The van der Waals surface area contributed by atoms with E-state index in [0.29, 0.717) is 23.7 Å². The summed E-state index contributed by atoms with van der Waals surface area (Å²) in [5, 5.41) is 0. The molecule has 0 fully saturated rings. The number of alkyl halides is 1. The lowest BCUT2D eigenvalue weighted by Gasteiger charge is -2.29. The molecule has 0 aliphatic carbocycles. The number of hydrogen-bond donors (Lipinski definition) is 0. The second-order valence-electron chi connectivity index (χ2n) is 4.49. The molecule has 104 valence electrons. The molecule has 1 aliphatic heterocycles. The molecule has 1 heterocycles. The first kappa shape index (κ1) is 13.4. The van der Waals surface area contributed by atoms with Crippen LogP contribution in [0, 0.1) is 11.6 Å². The number of halogens is 3. The number of hydrogen-bond acceptors (Lipinski definition) is 2. The SMILES string of the molecule is Fc1ccc(C(Br)C2COc3ccccc3O2)cc1F. The van der Waals surface area contributed by atoms with Crippen molar-refractivity contribution in [3.63, 3.8) is 0 Å². The maximum atomic E-state index is 13.3. The summed E-state index contributed by atoms with van der Waals surface area (Å²) in [5.74, 6) is -0.395. The number of fused-ring (bicyclic) bond motifs is 1. The first-order valence-corrected chi connectivity index (χ1v) is 7.04. The van der Waals surface area contributed by atoms with Gasteiger partial charge in [-0.15, -0.1) is 0 Å². The highest BCUT2D eigenvalue weighted by Crippen LogP contribution is 2.37. The highest BCUT2D eigenvalue weighted by Gasteiger charge is 2.28. The van der Waals surface area contributed by atoms with Crippen molar-refractivity contribution in [1.29, 1.82) is 0 Å². The van der Waals surface area contributed by atoms with Crippen LogP contribution in [-0.2, 0) is 0 Å². The predicted octanol–water partition coefficient (Wildman–Crippen LogP) is 4.24. The Morgan fingerprint density at radius 3 is 2.55 bits per heavy atom. The van der Waals surface area contributed by atoms with Crippen molar-refractivity contribution in [2.24, 2.45) is 0 Å². The summed E-state index contributed by atoms with van der Waals surface area (Å²) < 4.78 is 37.7. The number of ether oxygens (including phenoxy) is 2. The lowest BCUT2D eigenvalue weighted by molar-refractivity contribution is 0.0904. The largest absolute Gasteiger partial charge is 0.486 e. The minimum atomic E-state index is -0.871. The van der Waals surface area contributed by atoms with Gasteiger partial charge < -0.3 is 9.47 Å². The van der Waals surface area contributed by atoms with E-state index in [1.807, 2.05) is 24.3 Å². The van der Waals surface area contributed by atoms with Crippen LogP contribution in [0.1, 0.15) is 10.4 Å². The molecule has 20 heavy (non-hydrogen) atoms. The number of benzene rings is 2. The van der Waals surface area contributed by atoms with Gasteiger partial charge in [-0.2, -0.15) is 0 Å². The molecule has 5 heteroatoms. The van der Waals surface area contributed by atoms with E-state index < -0.39 is 11.6 Å². The lowest BCUT2D eigenvalue weighted by Crippen LogP contribution is -2.32. The van der Waals surface area contributed by atoms with Crippen LogP contribution in [0.2, 0.25) is 0 Å². The molecule has 2 unspecified atom stereocenters. The molecule has 0 bridgehead atoms. The summed E-state index contributed by atoms with van der Waals surface area (Å²) in [6.45, 7) is 0.339. The molecule has 0 N–H and O–H groups in total. The molecule has 0 saturated carbocycles. The van der Waals surface area contributed by atoms with E-state index in [9.17, 15) is 8.78 Å². The van der Waals surface area contributed by atoms with Gasteiger partial charge in [0.05, 0.1) is 4.83 Å². The Bertz CT molecular complexity index is 633. The topological polar surface area (TPSA) is 18.5 Å². The van der Waals surface area contributed by atoms with Crippen molar-refractivity contribution < 1.29 is 18.3 Å². The molecule has 0 spiro atoms. The average Bonchev–Trinajstić information content (AvgIpc) is 2.49.